The van der Waals surface area contributed by atoms with E-state index in [-0.39, 0.29) is 41.8 Å². The van der Waals surface area contributed by atoms with Crippen molar-refractivity contribution in [2.45, 2.75) is 52.5 Å². The molecule has 224 valence electrons. The zero-order chi connectivity index (χ0) is 30.4. The zero-order valence-corrected chi connectivity index (χ0v) is 25.3. The van der Waals surface area contributed by atoms with Crippen molar-refractivity contribution in [3.8, 4) is 16.9 Å². The fraction of sp³-hybridized carbons (Fsp3) is 0.370. The van der Waals surface area contributed by atoms with Crippen LogP contribution in [-0.2, 0) is 33.0 Å². The molecule has 6 N–H and O–H groups in total. The molecule has 0 aliphatic rings. The summed E-state index contributed by atoms with van der Waals surface area (Å²) in [6, 6.07) is 13.8. The Bertz CT molecular complexity index is 1450. The Labute approximate surface area is 243 Å². The van der Waals surface area contributed by atoms with Crippen molar-refractivity contribution < 1.29 is 42.5 Å². The number of primary amides is 1. The highest BCUT2D eigenvalue weighted by atomic mass is 35.5. The first-order valence-electron chi connectivity index (χ1n) is 13.0. The van der Waals surface area contributed by atoms with Crippen molar-refractivity contribution >= 4 is 33.2 Å². The normalized spacial score (nSPS) is 12.9. The summed E-state index contributed by atoms with van der Waals surface area (Å²) >= 11 is 6.36. The fourth-order valence-electron chi connectivity index (χ4n) is 4.94. The van der Waals surface area contributed by atoms with Crippen molar-refractivity contribution in [2.24, 2.45) is 11.7 Å². The van der Waals surface area contributed by atoms with E-state index in [1.54, 1.807) is 6.07 Å². The summed E-state index contributed by atoms with van der Waals surface area (Å²) in [7, 11) is -9.52. The van der Waals surface area contributed by atoms with Gasteiger partial charge in [-0.1, -0.05) is 74.7 Å². The molecule has 0 aliphatic heterocycles. The van der Waals surface area contributed by atoms with E-state index in [2.05, 4.69) is 22.9 Å². The summed E-state index contributed by atoms with van der Waals surface area (Å²) in [6.45, 7) is 4.24. The number of nitrogens with two attached hydrogens (primary N) is 1. The Hall–Kier alpha value is -2.46. The summed E-state index contributed by atoms with van der Waals surface area (Å²) in [5.41, 5.74) is 9.63. The van der Waals surface area contributed by atoms with Crippen LogP contribution in [-0.4, -0.2) is 36.7 Å². The topological polar surface area (TPSA) is 182 Å². The molecule has 14 heteroatoms. The van der Waals surface area contributed by atoms with Gasteiger partial charge >= 0.3 is 15.6 Å². The smallest absolute Gasteiger partial charge is 0.403 e. The molecule has 1 atom stereocenters. The molecular formula is C27H35ClN2O9P2. The highest BCUT2D eigenvalue weighted by molar-refractivity contribution is 7.46. The van der Waals surface area contributed by atoms with Crippen LogP contribution >= 0.6 is 27.2 Å². The van der Waals surface area contributed by atoms with Gasteiger partial charge in [0.25, 0.3) is 5.91 Å². The van der Waals surface area contributed by atoms with Gasteiger partial charge in [0, 0.05) is 29.9 Å². The van der Waals surface area contributed by atoms with E-state index in [1.807, 2.05) is 34.9 Å². The quantitative estimate of drug-likeness (QED) is 0.108. The molecule has 3 rings (SSSR count). The van der Waals surface area contributed by atoms with Crippen LogP contribution < -0.4 is 10.3 Å². The number of benzene rings is 2. The molecule has 0 saturated heterocycles. The monoisotopic (exact) mass is 628 g/mol. The number of hydrogen-bond acceptors (Lipinski definition) is 5. The van der Waals surface area contributed by atoms with Crippen LogP contribution in [0.3, 0.4) is 0 Å². The maximum absolute atomic E-state index is 13.1. The predicted octanol–water partition coefficient (Wildman–Crippen LogP) is 5.45. The first-order valence-corrected chi connectivity index (χ1v) is 16.5. The Morgan fingerprint density at radius 2 is 1.73 bits per heavy atom. The van der Waals surface area contributed by atoms with Crippen molar-refractivity contribution in [1.29, 1.82) is 0 Å². The van der Waals surface area contributed by atoms with Gasteiger partial charge in [-0.05, 0) is 42.0 Å². The average Bonchev–Trinajstić information content (AvgIpc) is 3.15. The van der Waals surface area contributed by atoms with E-state index in [0.717, 1.165) is 24.1 Å². The number of carbonyl (C=O) groups excluding carboxylic acids is 1. The standard InChI is InChI=1S/C27H35ClN2O9P2/c1-3-8-18(2)15-22-25(20-11-12-24(21(28)17-20)39-41(35,36)37)26(27(29)31)23(16-19-9-5-4-6-10-19)30(22)13-7-14-38-40(32,33)34/h4-6,9-12,17-18H,3,7-8,13-16H2,1-2H3,(H2,29,31)(H2,32,33,34)(H2,35,36,37). The van der Waals surface area contributed by atoms with Gasteiger partial charge in [-0.2, -0.15) is 0 Å². The summed E-state index contributed by atoms with van der Waals surface area (Å²) in [5, 5.41) is -0.0683. The molecule has 1 heterocycles. The largest absolute Gasteiger partial charge is 0.524 e. The lowest BCUT2D eigenvalue weighted by atomic mass is 9.93. The molecule has 0 aliphatic carbocycles. The number of phosphoric ester groups is 2. The van der Waals surface area contributed by atoms with E-state index in [1.165, 1.54) is 12.1 Å². The minimum Gasteiger partial charge on any atom is -0.403 e. The zero-order valence-electron chi connectivity index (χ0n) is 22.8. The summed E-state index contributed by atoms with van der Waals surface area (Å²) < 4.78 is 34.0. The average molecular weight is 629 g/mol. The molecule has 2 aromatic carbocycles. The molecule has 0 spiro atoms. The van der Waals surface area contributed by atoms with Gasteiger partial charge in [0.1, 0.15) is 5.75 Å². The van der Waals surface area contributed by atoms with Crippen LogP contribution in [0.2, 0.25) is 5.02 Å². The highest BCUT2D eigenvalue weighted by Gasteiger charge is 2.29. The highest BCUT2D eigenvalue weighted by Crippen LogP contribution is 2.44. The van der Waals surface area contributed by atoms with Crippen LogP contribution in [0.4, 0.5) is 0 Å². The van der Waals surface area contributed by atoms with Gasteiger partial charge in [-0.15, -0.1) is 0 Å². The second-order valence-electron chi connectivity index (χ2n) is 9.82. The minimum atomic E-state index is -4.86. The van der Waals surface area contributed by atoms with Gasteiger partial charge in [0.05, 0.1) is 17.2 Å². The van der Waals surface area contributed by atoms with E-state index in [0.29, 0.717) is 29.7 Å². The lowest BCUT2D eigenvalue weighted by Crippen LogP contribution is -2.16. The third kappa shape index (κ3) is 9.53. The number of amides is 1. The molecule has 41 heavy (non-hydrogen) atoms. The molecule has 0 fully saturated rings. The van der Waals surface area contributed by atoms with Crippen molar-refractivity contribution in [2.75, 3.05) is 6.61 Å². The van der Waals surface area contributed by atoms with Crippen LogP contribution in [0.1, 0.15) is 60.4 Å². The lowest BCUT2D eigenvalue weighted by molar-refractivity contribution is 0.0999. The van der Waals surface area contributed by atoms with E-state index >= 15 is 0 Å². The molecule has 11 nitrogen and oxygen atoms in total. The van der Waals surface area contributed by atoms with Crippen LogP contribution in [0.5, 0.6) is 5.75 Å². The number of halogens is 1. The number of hydrogen-bond donors (Lipinski definition) is 5. The molecule has 0 saturated carbocycles. The minimum absolute atomic E-state index is 0.0683. The molecular weight excluding hydrogens is 594 g/mol. The number of rotatable bonds is 15. The SMILES string of the molecule is CCCC(C)Cc1c(-c2ccc(OP(=O)(O)O)c(Cl)c2)c(C(N)=O)c(Cc2ccccc2)n1CCCOP(=O)(O)O. The number of aromatic nitrogens is 1. The maximum Gasteiger partial charge on any atom is 0.524 e. The maximum atomic E-state index is 13.1. The molecule has 0 radical (unpaired) electrons. The predicted molar refractivity (Wildman–Crippen MR) is 156 cm³/mol. The van der Waals surface area contributed by atoms with Gasteiger partial charge in [-0.3, -0.25) is 19.1 Å². The van der Waals surface area contributed by atoms with E-state index in [9.17, 15) is 23.7 Å². The second-order valence-corrected chi connectivity index (χ2v) is 12.6. The van der Waals surface area contributed by atoms with Crippen molar-refractivity contribution in [3.05, 3.63) is 76.1 Å². The fourth-order valence-corrected chi connectivity index (χ4v) is 6.00. The first kappa shape index (κ1) is 33.0. The van der Waals surface area contributed by atoms with Crippen LogP contribution in [0.25, 0.3) is 11.1 Å². The number of nitrogens with zero attached hydrogens (tertiary/aromatic N) is 1. The Morgan fingerprint density at radius 1 is 1.05 bits per heavy atom. The van der Waals surface area contributed by atoms with Gasteiger partial charge < -0.3 is 24.6 Å². The molecule has 1 aromatic heterocycles. The van der Waals surface area contributed by atoms with Gasteiger partial charge in [0.2, 0.25) is 0 Å². The second kappa shape index (κ2) is 14.1. The summed E-state index contributed by atoms with van der Waals surface area (Å²) in [5.74, 6) is -0.687. The number of phosphoric acid groups is 2. The molecule has 0 bridgehead atoms. The Morgan fingerprint density at radius 3 is 2.29 bits per heavy atom. The Kier molecular flexibility index (Phi) is 11.4. The third-order valence-corrected chi connectivity index (χ3v) is 7.74. The van der Waals surface area contributed by atoms with Gasteiger partial charge in [0.15, 0.2) is 0 Å². The summed E-state index contributed by atoms with van der Waals surface area (Å²) in [6.07, 6.45) is 2.98. The number of carbonyl (C=O) groups is 1. The van der Waals surface area contributed by atoms with Gasteiger partial charge in [-0.25, -0.2) is 9.13 Å². The third-order valence-electron chi connectivity index (χ3n) is 6.49. The molecule has 3 aromatic rings. The van der Waals surface area contributed by atoms with E-state index in [4.69, 9.17) is 27.1 Å². The Balaban J connectivity index is 2.25. The first-order chi connectivity index (χ1) is 19.2. The molecule has 1 unspecified atom stereocenters. The molecule has 1 amide bonds. The van der Waals surface area contributed by atoms with Crippen molar-refractivity contribution in [3.63, 3.8) is 0 Å². The summed E-state index contributed by atoms with van der Waals surface area (Å²) in [4.78, 5) is 49.8. The van der Waals surface area contributed by atoms with Crippen LogP contribution in [0, 0.1) is 5.92 Å². The van der Waals surface area contributed by atoms with E-state index < -0.39 is 21.6 Å². The van der Waals surface area contributed by atoms with Crippen molar-refractivity contribution in [1.82, 2.24) is 4.57 Å². The lowest BCUT2D eigenvalue weighted by Gasteiger charge is -2.18. The van der Waals surface area contributed by atoms with Crippen LogP contribution in [0.15, 0.2) is 48.5 Å².